The third-order valence-electron chi connectivity index (χ3n) is 3.40. The first-order valence-electron chi connectivity index (χ1n) is 6.81. The number of carbonyl (C=O) groups excluding carboxylic acids is 1. The number of nitrogens with one attached hydrogen (secondary N) is 1. The molecule has 116 valence electrons. The van der Waals surface area contributed by atoms with Crippen LogP contribution in [0.5, 0.6) is 0 Å². The predicted molar refractivity (Wildman–Crippen MR) is 82.5 cm³/mol. The van der Waals surface area contributed by atoms with Crippen molar-refractivity contribution >= 4 is 27.5 Å². The van der Waals surface area contributed by atoms with E-state index in [2.05, 4.69) is 4.72 Å². The fourth-order valence-corrected chi connectivity index (χ4v) is 3.91. The lowest BCUT2D eigenvalue weighted by Gasteiger charge is -2.21. The van der Waals surface area contributed by atoms with E-state index in [1.54, 1.807) is 29.2 Å². The maximum atomic E-state index is 12.2. The monoisotopic (exact) mass is 330 g/mol. The van der Waals surface area contributed by atoms with Crippen molar-refractivity contribution in [1.29, 1.82) is 0 Å². The zero-order chi connectivity index (χ0) is 15.6. The molecule has 0 aliphatic carbocycles. The molecule has 2 rings (SSSR count). The zero-order valence-electron chi connectivity index (χ0n) is 12.0. The van der Waals surface area contributed by atoms with Gasteiger partial charge in [0, 0.05) is 30.1 Å². The fraction of sp³-hybridized carbons (Fsp3) is 0.500. The molecule has 1 atom stereocenters. The van der Waals surface area contributed by atoms with E-state index >= 15 is 0 Å². The molecule has 1 aliphatic heterocycles. The summed E-state index contributed by atoms with van der Waals surface area (Å²) in [6, 6.07) is 6.42. The second-order valence-electron chi connectivity index (χ2n) is 5.54. The molecule has 1 aromatic rings. The standard InChI is InChI=1S/C14H19ClN2O3S/c1-10(2)17-8-13(7-14(17)18)16-21(19,20)9-11-3-5-12(15)6-4-11/h3-6,10,13,16H,7-9H2,1-2H3. The SMILES string of the molecule is CC(C)N1CC(NS(=O)(=O)Cc2ccc(Cl)cc2)CC1=O. The minimum atomic E-state index is -3.48. The van der Waals surface area contributed by atoms with E-state index in [9.17, 15) is 13.2 Å². The number of likely N-dealkylation sites (tertiary alicyclic amines) is 1. The predicted octanol–water partition coefficient (Wildman–Crippen LogP) is 1.77. The third-order valence-corrected chi connectivity index (χ3v) is 5.06. The number of nitrogens with zero attached hydrogens (tertiary/aromatic N) is 1. The second kappa shape index (κ2) is 6.34. The van der Waals surface area contributed by atoms with Gasteiger partial charge in [0.05, 0.1) is 5.75 Å². The fourth-order valence-electron chi connectivity index (χ4n) is 2.41. The highest BCUT2D eigenvalue weighted by atomic mass is 35.5. The zero-order valence-corrected chi connectivity index (χ0v) is 13.6. The smallest absolute Gasteiger partial charge is 0.224 e. The molecule has 1 amide bonds. The molecule has 0 spiro atoms. The first-order valence-corrected chi connectivity index (χ1v) is 8.84. The summed E-state index contributed by atoms with van der Waals surface area (Å²) in [7, 11) is -3.48. The van der Waals surface area contributed by atoms with E-state index in [4.69, 9.17) is 11.6 Å². The second-order valence-corrected chi connectivity index (χ2v) is 7.73. The Hall–Kier alpha value is -1.11. The van der Waals surface area contributed by atoms with E-state index in [1.165, 1.54) is 0 Å². The van der Waals surface area contributed by atoms with Crippen LogP contribution in [0.1, 0.15) is 25.8 Å². The van der Waals surface area contributed by atoms with Crippen LogP contribution in [0.2, 0.25) is 5.02 Å². The Morgan fingerprint density at radius 3 is 2.48 bits per heavy atom. The number of carbonyl (C=O) groups is 1. The van der Waals surface area contributed by atoms with Gasteiger partial charge >= 0.3 is 0 Å². The van der Waals surface area contributed by atoms with E-state index in [0.29, 0.717) is 17.1 Å². The number of hydrogen-bond donors (Lipinski definition) is 1. The molecular formula is C14H19ClN2O3S. The summed E-state index contributed by atoms with van der Waals surface area (Å²) < 4.78 is 26.9. The van der Waals surface area contributed by atoms with Crippen molar-refractivity contribution in [3.63, 3.8) is 0 Å². The lowest BCUT2D eigenvalue weighted by molar-refractivity contribution is -0.129. The summed E-state index contributed by atoms with van der Waals surface area (Å²) in [5, 5.41) is 0.568. The molecule has 0 radical (unpaired) electrons. The van der Waals surface area contributed by atoms with Gasteiger partial charge in [-0.2, -0.15) is 0 Å². The lowest BCUT2D eigenvalue weighted by atomic mass is 10.2. The van der Waals surface area contributed by atoms with Crippen molar-refractivity contribution < 1.29 is 13.2 Å². The van der Waals surface area contributed by atoms with Gasteiger partial charge < -0.3 is 4.90 Å². The lowest BCUT2D eigenvalue weighted by Crippen LogP contribution is -2.39. The van der Waals surface area contributed by atoms with Gasteiger partial charge in [-0.15, -0.1) is 0 Å². The maximum Gasteiger partial charge on any atom is 0.224 e. The van der Waals surface area contributed by atoms with Gasteiger partial charge in [0.2, 0.25) is 15.9 Å². The van der Waals surface area contributed by atoms with Crippen LogP contribution in [0.4, 0.5) is 0 Å². The Labute approximate surface area is 130 Å². The highest BCUT2D eigenvalue weighted by Gasteiger charge is 2.33. The molecule has 5 nitrogen and oxygen atoms in total. The maximum absolute atomic E-state index is 12.2. The molecule has 1 aliphatic rings. The summed E-state index contributed by atoms with van der Waals surface area (Å²) >= 11 is 5.77. The molecule has 0 aromatic heterocycles. The van der Waals surface area contributed by atoms with Crippen molar-refractivity contribution in [1.82, 2.24) is 9.62 Å². The summed E-state index contributed by atoms with van der Waals surface area (Å²) in [6.45, 7) is 4.27. The molecule has 1 unspecified atom stereocenters. The average Bonchev–Trinajstić information content (AvgIpc) is 2.72. The molecule has 1 fully saturated rings. The summed E-state index contributed by atoms with van der Waals surface area (Å²) in [5.41, 5.74) is 0.664. The minimum Gasteiger partial charge on any atom is -0.339 e. The van der Waals surface area contributed by atoms with Crippen LogP contribution in [-0.2, 0) is 20.6 Å². The van der Waals surface area contributed by atoms with E-state index in [1.807, 2.05) is 13.8 Å². The quantitative estimate of drug-likeness (QED) is 0.894. The Kier molecular flexibility index (Phi) is 4.91. The van der Waals surface area contributed by atoms with Crippen LogP contribution in [-0.4, -0.2) is 37.9 Å². The number of hydrogen-bond acceptors (Lipinski definition) is 3. The highest BCUT2D eigenvalue weighted by molar-refractivity contribution is 7.88. The van der Waals surface area contributed by atoms with Gasteiger partial charge in [0.1, 0.15) is 0 Å². The molecule has 0 saturated carbocycles. The van der Waals surface area contributed by atoms with Crippen LogP contribution in [0, 0.1) is 0 Å². The molecule has 1 N–H and O–H groups in total. The van der Waals surface area contributed by atoms with Crippen molar-refractivity contribution in [2.45, 2.75) is 38.1 Å². The first kappa shape index (κ1) is 16.3. The Balaban J connectivity index is 1.99. The van der Waals surface area contributed by atoms with Gasteiger partial charge in [0.25, 0.3) is 0 Å². The van der Waals surface area contributed by atoms with Crippen molar-refractivity contribution in [2.75, 3.05) is 6.54 Å². The number of rotatable bonds is 5. The Morgan fingerprint density at radius 1 is 1.33 bits per heavy atom. The average molecular weight is 331 g/mol. The largest absolute Gasteiger partial charge is 0.339 e. The molecule has 7 heteroatoms. The number of sulfonamides is 1. The van der Waals surface area contributed by atoms with Gasteiger partial charge in [-0.3, -0.25) is 4.79 Å². The summed E-state index contributed by atoms with van der Waals surface area (Å²) in [4.78, 5) is 13.5. The van der Waals surface area contributed by atoms with Crippen LogP contribution in [0.25, 0.3) is 0 Å². The highest BCUT2D eigenvalue weighted by Crippen LogP contribution is 2.16. The molecule has 1 heterocycles. The topological polar surface area (TPSA) is 66.5 Å². The molecule has 1 saturated heterocycles. The molecular weight excluding hydrogens is 312 g/mol. The van der Waals surface area contributed by atoms with Crippen molar-refractivity contribution in [3.05, 3.63) is 34.9 Å². The third kappa shape index (κ3) is 4.43. The van der Waals surface area contributed by atoms with Crippen molar-refractivity contribution in [3.8, 4) is 0 Å². The molecule has 21 heavy (non-hydrogen) atoms. The minimum absolute atomic E-state index is 0.0100. The first-order chi connectivity index (χ1) is 9.77. The Morgan fingerprint density at radius 2 is 1.95 bits per heavy atom. The van der Waals surface area contributed by atoms with Gasteiger partial charge in [-0.1, -0.05) is 23.7 Å². The van der Waals surface area contributed by atoms with E-state index < -0.39 is 10.0 Å². The van der Waals surface area contributed by atoms with Gasteiger partial charge in [-0.25, -0.2) is 13.1 Å². The van der Waals surface area contributed by atoms with Gasteiger partial charge in [0.15, 0.2) is 0 Å². The number of halogens is 1. The van der Waals surface area contributed by atoms with Crippen LogP contribution in [0.3, 0.4) is 0 Å². The summed E-state index contributed by atoms with van der Waals surface area (Å²) in [6.07, 6.45) is 0.220. The van der Waals surface area contributed by atoms with E-state index in [0.717, 1.165) is 0 Å². The Bertz CT molecular complexity index is 614. The normalized spacial score (nSPS) is 19.5. The number of benzene rings is 1. The van der Waals surface area contributed by atoms with Gasteiger partial charge in [-0.05, 0) is 31.5 Å². The van der Waals surface area contributed by atoms with E-state index in [-0.39, 0.29) is 30.2 Å². The van der Waals surface area contributed by atoms with Crippen LogP contribution in [0.15, 0.2) is 24.3 Å². The van der Waals surface area contributed by atoms with Crippen molar-refractivity contribution in [2.24, 2.45) is 0 Å². The number of amides is 1. The summed E-state index contributed by atoms with van der Waals surface area (Å²) in [5.74, 6) is -0.125. The van der Waals surface area contributed by atoms with Crippen LogP contribution < -0.4 is 4.72 Å². The molecule has 0 bridgehead atoms. The van der Waals surface area contributed by atoms with Crippen LogP contribution >= 0.6 is 11.6 Å². The molecule has 1 aromatic carbocycles.